The van der Waals surface area contributed by atoms with E-state index in [0.717, 1.165) is 0 Å². The van der Waals surface area contributed by atoms with Crippen molar-refractivity contribution in [3.05, 3.63) is 17.5 Å². The van der Waals surface area contributed by atoms with Gasteiger partial charge in [0.1, 0.15) is 11.0 Å². The molecule has 0 aromatic carbocycles. The average molecular weight is 229 g/mol. The van der Waals surface area contributed by atoms with E-state index in [1.807, 2.05) is 0 Å². The Bertz CT molecular complexity index is 343. The second kappa shape index (κ2) is 5.50. The molecule has 1 rings (SSSR count). The van der Waals surface area contributed by atoms with Crippen LogP contribution in [0.3, 0.4) is 0 Å². The van der Waals surface area contributed by atoms with Crippen LogP contribution in [-0.4, -0.2) is 41.4 Å². The van der Waals surface area contributed by atoms with Gasteiger partial charge in [0.05, 0.1) is 12.4 Å². The minimum atomic E-state index is 0.0671. The molecular weight excluding hydrogens is 216 g/mol. The summed E-state index contributed by atoms with van der Waals surface area (Å²) in [4.78, 5) is 20.6. The molecule has 0 saturated carbocycles. The highest BCUT2D eigenvalue weighted by Gasteiger charge is 2.03. The second-order valence-electron chi connectivity index (χ2n) is 3.19. The molecule has 82 valence electrons. The van der Waals surface area contributed by atoms with Crippen LogP contribution in [-0.2, 0) is 4.79 Å². The van der Waals surface area contributed by atoms with Gasteiger partial charge in [0.2, 0.25) is 5.91 Å². The number of hydrogen-bond acceptors (Lipinski definition) is 4. The van der Waals surface area contributed by atoms with Crippen molar-refractivity contribution in [1.82, 2.24) is 14.9 Å². The predicted molar refractivity (Wildman–Crippen MR) is 58.8 cm³/mol. The highest BCUT2D eigenvalue weighted by atomic mass is 35.5. The third-order valence-electron chi connectivity index (χ3n) is 1.75. The van der Waals surface area contributed by atoms with Crippen molar-refractivity contribution in [3.8, 4) is 0 Å². The van der Waals surface area contributed by atoms with Crippen LogP contribution in [0.25, 0.3) is 0 Å². The first-order valence-corrected chi connectivity index (χ1v) is 4.89. The largest absolute Gasteiger partial charge is 0.368 e. The summed E-state index contributed by atoms with van der Waals surface area (Å²) in [6, 6.07) is 0. The number of anilines is 1. The summed E-state index contributed by atoms with van der Waals surface area (Å²) < 4.78 is 0. The Morgan fingerprint density at radius 1 is 1.53 bits per heavy atom. The molecule has 0 spiro atoms. The molecule has 1 N–H and O–H groups in total. The van der Waals surface area contributed by atoms with Crippen molar-refractivity contribution in [2.24, 2.45) is 0 Å². The maximum Gasteiger partial charge on any atom is 0.223 e. The topological polar surface area (TPSA) is 58.1 Å². The third kappa shape index (κ3) is 4.12. The summed E-state index contributed by atoms with van der Waals surface area (Å²) in [5.74, 6) is 0.645. The molecule has 1 aromatic rings. The molecule has 0 saturated heterocycles. The van der Waals surface area contributed by atoms with Crippen LogP contribution in [0.15, 0.2) is 12.4 Å². The number of nitrogens with one attached hydrogen (secondary N) is 1. The van der Waals surface area contributed by atoms with Crippen LogP contribution in [0.4, 0.5) is 5.82 Å². The van der Waals surface area contributed by atoms with E-state index < -0.39 is 0 Å². The standard InChI is InChI=1S/C9H13ClN4O/c1-14(2)9(15)3-4-12-8-6-11-5-7(10)13-8/h5-6H,3-4H2,1-2H3,(H,12,13). The van der Waals surface area contributed by atoms with E-state index in [1.165, 1.54) is 6.20 Å². The molecule has 0 unspecified atom stereocenters. The molecule has 1 amide bonds. The average Bonchev–Trinajstić information content (AvgIpc) is 2.17. The van der Waals surface area contributed by atoms with E-state index in [9.17, 15) is 4.79 Å². The Morgan fingerprint density at radius 2 is 2.27 bits per heavy atom. The Labute approximate surface area is 93.5 Å². The normalized spacial score (nSPS) is 9.80. The van der Waals surface area contributed by atoms with Gasteiger partial charge in [-0.1, -0.05) is 11.6 Å². The molecule has 6 heteroatoms. The van der Waals surface area contributed by atoms with Gasteiger partial charge in [0.25, 0.3) is 0 Å². The van der Waals surface area contributed by atoms with Gasteiger partial charge >= 0.3 is 0 Å². The van der Waals surface area contributed by atoms with E-state index in [1.54, 1.807) is 25.2 Å². The summed E-state index contributed by atoms with van der Waals surface area (Å²) in [6.07, 6.45) is 3.44. The van der Waals surface area contributed by atoms with Crippen molar-refractivity contribution in [3.63, 3.8) is 0 Å². The summed E-state index contributed by atoms with van der Waals surface area (Å²) in [6.45, 7) is 0.520. The molecule has 0 aliphatic rings. The molecule has 1 heterocycles. The zero-order valence-corrected chi connectivity index (χ0v) is 9.45. The summed E-state index contributed by atoms with van der Waals surface area (Å²) in [5.41, 5.74) is 0. The molecule has 0 atom stereocenters. The van der Waals surface area contributed by atoms with Gasteiger partial charge in [-0.15, -0.1) is 0 Å². The van der Waals surface area contributed by atoms with Crippen molar-refractivity contribution < 1.29 is 4.79 Å². The molecule has 15 heavy (non-hydrogen) atoms. The molecule has 5 nitrogen and oxygen atoms in total. The predicted octanol–water partition coefficient (Wildman–Crippen LogP) is 1.02. The van der Waals surface area contributed by atoms with Crippen LogP contribution < -0.4 is 5.32 Å². The summed E-state index contributed by atoms with van der Waals surface area (Å²) >= 11 is 5.65. The fourth-order valence-electron chi connectivity index (χ4n) is 0.948. The lowest BCUT2D eigenvalue weighted by Crippen LogP contribution is -2.24. The van der Waals surface area contributed by atoms with E-state index in [0.29, 0.717) is 23.9 Å². The number of carbonyl (C=O) groups is 1. The van der Waals surface area contributed by atoms with E-state index in [2.05, 4.69) is 15.3 Å². The van der Waals surface area contributed by atoms with E-state index in [4.69, 9.17) is 11.6 Å². The highest BCUT2D eigenvalue weighted by Crippen LogP contribution is 2.06. The van der Waals surface area contributed by atoms with Crippen molar-refractivity contribution in [2.45, 2.75) is 6.42 Å². The molecule has 0 radical (unpaired) electrons. The number of amides is 1. The molecule has 0 bridgehead atoms. The Balaban J connectivity index is 2.35. The van der Waals surface area contributed by atoms with E-state index in [-0.39, 0.29) is 5.91 Å². The highest BCUT2D eigenvalue weighted by molar-refractivity contribution is 6.29. The Morgan fingerprint density at radius 3 is 2.87 bits per heavy atom. The minimum absolute atomic E-state index is 0.0671. The van der Waals surface area contributed by atoms with Crippen molar-refractivity contribution in [2.75, 3.05) is 26.0 Å². The first-order chi connectivity index (χ1) is 7.09. The molecule has 0 aliphatic carbocycles. The zero-order valence-electron chi connectivity index (χ0n) is 8.70. The first kappa shape index (κ1) is 11.7. The Kier molecular flexibility index (Phi) is 4.30. The number of nitrogens with zero attached hydrogens (tertiary/aromatic N) is 3. The van der Waals surface area contributed by atoms with Crippen LogP contribution >= 0.6 is 11.6 Å². The van der Waals surface area contributed by atoms with Crippen LogP contribution in [0.1, 0.15) is 6.42 Å². The smallest absolute Gasteiger partial charge is 0.223 e. The van der Waals surface area contributed by atoms with Gasteiger partial charge in [-0.05, 0) is 0 Å². The molecule has 1 aromatic heterocycles. The maximum absolute atomic E-state index is 11.2. The lowest BCUT2D eigenvalue weighted by atomic mass is 10.4. The lowest BCUT2D eigenvalue weighted by Gasteiger charge is -2.10. The zero-order chi connectivity index (χ0) is 11.3. The minimum Gasteiger partial charge on any atom is -0.368 e. The number of carbonyl (C=O) groups excluding carboxylic acids is 1. The van der Waals surface area contributed by atoms with Crippen molar-refractivity contribution in [1.29, 1.82) is 0 Å². The number of hydrogen-bond donors (Lipinski definition) is 1. The molecule has 0 aliphatic heterocycles. The SMILES string of the molecule is CN(C)C(=O)CCNc1cncc(Cl)n1. The van der Waals surface area contributed by atoms with Crippen LogP contribution in [0.2, 0.25) is 5.15 Å². The van der Waals surface area contributed by atoms with Crippen molar-refractivity contribution >= 4 is 23.3 Å². The third-order valence-corrected chi connectivity index (χ3v) is 1.93. The quantitative estimate of drug-likeness (QED) is 0.836. The summed E-state index contributed by atoms with van der Waals surface area (Å²) in [7, 11) is 3.45. The number of aromatic nitrogens is 2. The van der Waals surface area contributed by atoms with Crippen LogP contribution in [0.5, 0.6) is 0 Å². The van der Waals surface area contributed by atoms with Gasteiger partial charge in [-0.2, -0.15) is 0 Å². The summed E-state index contributed by atoms with van der Waals surface area (Å²) in [5, 5.41) is 3.30. The number of halogens is 1. The van der Waals surface area contributed by atoms with Crippen LogP contribution in [0, 0.1) is 0 Å². The van der Waals surface area contributed by atoms with Gasteiger partial charge in [0, 0.05) is 27.1 Å². The van der Waals surface area contributed by atoms with E-state index >= 15 is 0 Å². The maximum atomic E-state index is 11.2. The first-order valence-electron chi connectivity index (χ1n) is 4.51. The second-order valence-corrected chi connectivity index (χ2v) is 3.58. The molecular formula is C9H13ClN4O. The Hall–Kier alpha value is -1.36. The van der Waals surface area contributed by atoms with Gasteiger partial charge in [-0.25, -0.2) is 4.98 Å². The van der Waals surface area contributed by atoms with Gasteiger partial charge < -0.3 is 10.2 Å². The fraction of sp³-hybridized carbons (Fsp3) is 0.444. The fourth-order valence-corrected chi connectivity index (χ4v) is 1.10. The monoisotopic (exact) mass is 228 g/mol. The molecule has 0 fully saturated rings. The van der Waals surface area contributed by atoms with Gasteiger partial charge in [-0.3, -0.25) is 9.78 Å². The number of rotatable bonds is 4. The van der Waals surface area contributed by atoms with Gasteiger partial charge in [0.15, 0.2) is 0 Å². The lowest BCUT2D eigenvalue weighted by molar-refractivity contribution is -0.128.